The Kier molecular flexibility index (Phi) is 5.87. The summed E-state index contributed by atoms with van der Waals surface area (Å²) < 4.78 is 21.9. The fraction of sp³-hybridized carbons (Fsp3) is 0.222. The largest absolute Gasteiger partial charge is 0.453 e. The Balaban J connectivity index is 2.32. The van der Waals surface area contributed by atoms with E-state index in [-0.39, 0.29) is 0 Å². The van der Waals surface area contributed by atoms with Gasteiger partial charge in [0.05, 0.1) is 0 Å². The van der Waals surface area contributed by atoms with Gasteiger partial charge >= 0.3 is 11.9 Å². The van der Waals surface area contributed by atoms with Gasteiger partial charge in [-0.1, -0.05) is 24.3 Å². The highest BCUT2D eigenvalue weighted by molar-refractivity contribution is 7.84. The normalized spacial score (nSPS) is 13.0. The minimum atomic E-state index is -1.07. The molecule has 0 N–H and O–H groups in total. The van der Waals surface area contributed by atoms with Gasteiger partial charge in [-0.05, 0) is 35.4 Å². The van der Waals surface area contributed by atoms with Gasteiger partial charge in [0.1, 0.15) is 5.75 Å². The molecule has 0 fully saturated rings. The van der Waals surface area contributed by atoms with Crippen molar-refractivity contribution in [3.05, 3.63) is 59.7 Å². The number of hydrogen-bond acceptors (Lipinski definition) is 5. The molecule has 2 atom stereocenters. The van der Waals surface area contributed by atoms with Crippen molar-refractivity contribution in [2.24, 2.45) is 0 Å². The molecule has 6 heteroatoms. The molecule has 0 aliphatic heterocycles. The molecular formula is C18H18O5S. The van der Waals surface area contributed by atoms with Gasteiger partial charge in [0.15, 0.2) is 6.10 Å². The van der Waals surface area contributed by atoms with Gasteiger partial charge in [-0.15, -0.1) is 0 Å². The van der Waals surface area contributed by atoms with E-state index in [1.54, 1.807) is 54.8 Å². The van der Waals surface area contributed by atoms with Gasteiger partial charge in [0.25, 0.3) is 0 Å². The molecule has 0 aliphatic rings. The van der Waals surface area contributed by atoms with Crippen molar-refractivity contribution >= 4 is 22.7 Å². The first kappa shape index (κ1) is 17.9. The number of benzene rings is 2. The van der Waals surface area contributed by atoms with Crippen LogP contribution in [0.1, 0.15) is 31.1 Å². The zero-order valence-corrected chi connectivity index (χ0v) is 14.5. The van der Waals surface area contributed by atoms with Crippen LogP contribution in [0.3, 0.4) is 0 Å². The van der Waals surface area contributed by atoms with E-state index in [9.17, 15) is 13.8 Å². The summed E-state index contributed by atoms with van der Waals surface area (Å²) in [5.41, 5.74) is 1.51. The van der Waals surface area contributed by atoms with Crippen LogP contribution in [0.15, 0.2) is 53.4 Å². The molecule has 2 unspecified atom stereocenters. The molecule has 2 rings (SSSR count). The zero-order chi connectivity index (χ0) is 17.7. The van der Waals surface area contributed by atoms with E-state index < -0.39 is 28.8 Å². The fourth-order valence-electron chi connectivity index (χ4n) is 2.21. The molecule has 0 heterocycles. The van der Waals surface area contributed by atoms with Crippen LogP contribution >= 0.6 is 0 Å². The van der Waals surface area contributed by atoms with E-state index in [4.69, 9.17) is 9.47 Å². The Hall–Kier alpha value is -2.47. The molecule has 0 amide bonds. The number of carbonyl (C=O) groups is 2. The molecule has 0 saturated heterocycles. The SMILES string of the molecule is CC(=O)Oc1ccc(C(OC(C)=O)c2ccc(S(C)=O)cc2)cc1. The van der Waals surface area contributed by atoms with E-state index in [2.05, 4.69) is 0 Å². The Morgan fingerprint density at radius 1 is 0.875 bits per heavy atom. The molecule has 0 aliphatic carbocycles. The molecule has 126 valence electrons. The smallest absolute Gasteiger partial charge is 0.308 e. The van der Waals surface area contributed by atoms with Crippen LogP contribution in [-0.4, -0.2) is 22.4 Å². The van der Waals surface area contributed by atoms with Crippen LogP contribution in [-0.2, 0) is 25.1 Å². The number of rotatable bonds is 5. The van der Waals surface area contributed by atoms with Crippen LogP contribution in [0, 0.1) is 0 Å². The summed E-state index contributed by atoms with van der Waals surface area (Å²) in [5.74, 6) is -0.390. The Bertz CT molecular complexity index is 750. The number of ether oxygens (including phenoxy) is 2. The molecule has 0 saturated carbocycles. The van der Waals surface area contributed by atoms with E-state index >= 15 is 0 Å². The molecular weight excluding hydrogens is 328 g/mol. The maximum absolute atomic E-state index is 11.5. The van der Waals surface area contributed by atoms with Crippen molar-refractivity contribution < 1.29 is 23.3 Å². The lowest BCUT2D eigenvalue weighted by atomic mass is 10.0. The first-order chi connectivity index (χ1) is 11.4. The third kappa shape index (κ3) is 4.76. The quantitative estimate of drug-likeness (QED) is 0.615. The molecule has 0 aromatic heterocycles. The lowest BCUT2D eigenvalue weighted by Gasteiger charge is -2.18. The summed E-state index contributed by atoms with van der Waals surface area (Å²) in [4.78, 5) is 23.1. The van der Waals surface area contributed by atoms with Crippen LogP contribution < -0.4 is 4.74 Å². The third-order valence-corrected chi connectivity index (χ3v) is 4.18. The van der Waals surface area contributed by atoms with Crippen molar-refractivity contribution in [1.29, 1.82) is 0 Å². The number of carbonyl (C=O) groups excluding carboxylic acids is 2. The monoisotopic (exact) mass is 346 g/mol. The molecule has 24 heavy (non-hydrogen) atoms. The fourth-order valence-corrected chi connectivity index (χ4v) is 2.72. The van der Waals surface area contributed by atoms with E-state index in [0.717, 1.165) is 11.1 Å². The zero-order valence-electron chi connectivity index (χ0n) is 13.6. The van der Waals surface area contributed by atoms with E-state index in [0.29, 0.717) is 10.6 Å². The topological polar surface area (TPSA) is 69.7 Å². The maximum atomic E-state index is 11.5. The van der Waals surface area contributed by atoms with Gasteiger partial charge in [-0.3, -0.25) is 13.8 Å². The number of hydrogen-bond donors (Lipinski definition) is 0. The first-order valence-electron chi connectivity index (χ1n) is 7.26. The van der Waals surface area contributed by atoms with Crippen molar-refractivity contribution in [3.63, 3.8) is 0 Å². The van der Waals surface area contributed by atoms with Crippen molar-refractivity contribution in [3.8, 4) is 5.75 Å². The highest BCUT2D eigenvalue weighted by Crippen LogP contribution is 2.28. The summed E-state index contributed by atoms with van der Waals surface area (Å²) in [5, 5.41) is 0. The molecule has 2 aromatic carbocycles. The van der Waals surface area contributed by atoms with Crippen molar-refractivity contribution in [2.45, 2.75) is 24.8 Å². The van der Waals surface area contributed by atoms with Gasteiger partial charge in [-0.25, -0.2) is 0 Å². The third-order valence-electron chi connectivity index (χ3n) is 3.24. The molecule has 0 radical (unpaired) electrons. The maximum Gasteiger partial charge on any atom is 0.308 e. The average Bonchev–Trinajstić information content (AvgIpc) is 2.53. The van der Waals surface area contributed by atoms with Gasteiger partial charge in [-0.2, -0.15) is 0 Å². The second-order valence-corrected chi connectivity index (χ2v) is 6.55. The summed E-state index contributed by atoms with van der Waals surface area (Å²) >= 11 is 0. The predicted octanol–water partition coefficient (Wildman–Crippen LogP) is 3.00. The Morgan fingerprint density at radius 3 is 1.79 bits per heavy atom. The molecule has 0 bridgehead atoms. The van der Waals surface area contributed by atoms with Gasteiger partial charge in [0, 0.05) is 35.8 Å². The Labute approximate surface area is 143 Å². The summed E-state index contributed by atoms with van der Waals surface area (Å²) in [6.45, 7) is 2.67. The minimum absolute atomic E-state index is 0.401. The summed E-state index contributed by atoms with van der Waals surface area (Å²) in [6.07, 6.45) is 1.01. The summed E-state index contributed by atoms with van der Waals surface area (Å²) in [7, 11) is -1.07. The van der Waals surface area contributed by atoms with Crippen LogP contribution in [0.4, 0.5) is 0 Å². The molecule has 2 aromatic rings. The highest BCUT2D eigenvalue weighted by Gasteiger charge is 2.18. The highest BCUT2D eigenvalue weighted by atomic mass is 32.2. The van der Waals surface area contributed by atoms with Crippen LogP contribution in [0.25, 0.3) is 0 Å². The van der Waals surface area contributed by atoms with Gasteiger partial charge < -0.3 is 9.47 Å². The van der Waals surface area contributed by atoms with Crippen molar-refractivity contribution in [1.82, 2.24) is 0 Å². The minimum Gasteiger partial charge on any atom is -0.453 e. The summed E-state index contributed by atoms with van der Waals surface area (Å²) in [6, 6.07) is 13.8. The second kappa shape index (κ2) is 7.88. The van der Waals surface area contributed by atoms with Crippen molar-refractivity contribution in [2.75, 3.05) is 6.26 Å². The average molecular weight is 346 g/mol. The van der Waals surface area contributed by atoms with Gasteiger partial charge in [0.2, 0.25) is 0 Å². The molecule has 5 nitrogen and oxygen atoms in total. The van der Waals surface area contributed by atoms with E-state index in [1.807, 2.05) is 0 Å². The van der Waals surface area contributed by atoms with Crippen LogP contribution in [0.2, 0.25) is 0 Å². The predicted molar refractivity (Wildman–Crippen MR) is 90.1 cm³/mol. The second-order valence-electron chi connectivity index (χ2n) is 5.18. The Morgan fingerprint density at radius 2 is 1.38 bits per heavy atom. The molecule has 0 spiro atoms. The standard InChI is InChI=1S/C18H18O5S/c1-12(19)22-16-8-4-14(5-9-16)18(23-13(2)20)15-6-10-17(11-7-15)24(3)21/h4-11,18H,1-3H3. The lowest BCUT2D eigenvalue weighted by molar-refractivity contribution is -0.144. The van der Waals surface area contributed by atoms with E-state index in [1.165, 1.54) is 13.8 Å². The lowest BCUT2D eigenvalue weighted by Crippen LogP contribution is -2.10. The first-order valence-corrected chi connectivity index (χ1v) is 8.81. The number of esters is 2. The van der Waals surface area contributed by atoms with Crippen LogP contribution in [0.5, 0.6) is 5.75 Å².